The van der Waals surface area contributed by atoms with Gasteiger partial charge >= 0.3 is 11.9 Å². The maximum atomic E-state index is 11.1. The normalized spacial score (nSPS) is 11.9. The van der Waals surface area contributed by atoms with Gasteiger partial charge in [-0.2, -0.15) is 0 Å². The van der Waals surface area contributed by atoms with E-state index >= 15 is 0 Å². The summed E-state index contributed by atoms with van der Waals surface area (Å²) in [6, 6.07) is 21.5. The molecule has 0 aliphatic carbocycles. The number of rotatable bonds is 11. The van der Waals surface area contributed by atoms with Crippen molar-refractivity contribution in [1.82, 2.24) is 0 Å². The van der Waals surface area contributed by atoms with Gasteiger partial charge in [0.2, 0.25) is 0 Å². The summed E-state index contributed by atoms with van der Waals surface area (Å²) < 4.78 is 11.8. The van der Waals surface area contributed by atoms with Crippen LogP contribution in [-0.2, 0) is 0 Å². The number of hydrogen-bond donors (Lipinski definition) is 2. The van der Waals surface area contributed by atoms with Crippen LogP contribution in [0.5, 0.6) is 11.5 Å². The number of carboxylic acid groups (broad SMARTS) is 2. The molecule has 4 aromatic carbocycles. The molecule has 4 aromatic rings. The topological polar surface area (TPSA) is 93.1 Å². The van der Waals surface area contributed by atoms with Gasteiger partial charge in [-0.25, -0.2) is 9.59 Å². The highest BCUT2D eigenvalue weighted by Gasteiger charge is 2.07. The monoisotopic (exact) mass is 472 g/mol. The van der Waals surface area contributed by atoms with Gasteiger partial charge in [-0.3, -0.25) is 0 Å². The standard InChI is InChI=1S/C29H28O6/c1-19(12-14-35-27-11-9-21-16-25(29(32)33)7-5-23(21)18-27)3-2-13-34-26-10-8-20-15-24(28(30)31)6-4-22(20)17-26/h4-11,15-19H,2-3,12-14H2,1H3,(H,30,31)(H,32,33). The number of carbonyl (C=O) groups is 2. The van der Waals surface area contributed by atoms with Crippen molar-refractivity contribution in [1.29, 1.82) is 0 Å². The minimum atomic E-state index is -0.931. The van der Waals surface area contributed by atoms with Crippen LogP contribution in [0.25, 0.3) is 21.5 Å². The highest BCUT2D eigenvalue weighted by Crippen LogP contribution is 2.24. The van der Waals surface area contributed by atoms with Crippen molar-refractivity contribution in [2.45, 2.75) is 26.2 Å². The Balaban J connectivity index is 1.19. The Morgan fingerprint density at radius 2 is 1.11 bits per heavy atom. The van der Waals surface area contributed by atoms with Crippen molar-refractivity contribution in [2.24, 2.45) is 5.92 Å². The predicted molar refractivity (Wildman–Crippen MR) is 136 cm³/mol. The van der Waals surface area contributed by atoms with Gasteiger partial charge in [-0.15, -0.1) is 0 Å². The quantitative estimate of drug-likeness (QED) is 0.237. The van der Waals surface area contributed by atoms with Gasteiger partial charge in [0.1, 0.15) is 11.5 Å². The Bertz CT molecular complexity index is 1360. The van der Waals surface area contributed by atoms with Crippen LogP contribution in [0.2, 0.25) is 0 Å². The Morgan fingerprint density at radius 1 is 0.657 bits per heavy atom. The zero-order valence-electron chi connectivity index (χ0n) is 19.6. The molecule has 1 unspecified atom stereocenters. The molecule has 180 valence electrons. The minimum absolute atomic E-state index is 0.277. The van der Waals surface area contributed by atoms with E-state index in [-0.39, 0.29) is 11.1 Å². The Kier molecular flexibility index (Phi) is 7.51. The summed E-state index contributed by atoms with van der Waals surface area (Å²) in [6.07, 6.45) is 2.88. The molecule has 0 aliphatic rings. The zero-order valence-corrected chi connectivity index (χ0v) is 19.6. The Morgan fingerprint density at radius 3 is 1.63 bits per heavy atom. The molecule has 0 fully saturated rings. The van der Waals surface area contributed by atoms with E-state index in [1.54, 1.807) is 36.4 Å². The first-order valence-corrected chi connectivity index (χ1v) is 11.7. The lowest BCUT2D eigenvalue weighted by Gasteiger charge is -2.13. The van der Waals surface area contributed by atoms with Crippen molar-refractivity contribution >= 4 is 33.5 Å². The molecular weight excluding hydrogens is 444 g/mol. The van der Waals surface area contributed by atoms with Crippen LogP contribution in [-0.4, -0.2) is 35.4 Å². The molecule has 35 heavy (non-hydrogen) atoms. The second kappa shape index (κ2) is 10.9. The van der Waals surface area contributed by atoms with E-state index in [2.05, 4.69) is 6.92 Å². The van der Waals surface area contributed by atoms with Crippen molar-refractivity contribution < 1.29 is 29.3 Å². The highest BCUT2D eigenvalue weighted by molar-refractivity contribution is 5.95. The molecule has 6 heteroatoms. The number of ether oxygens (including phenoxy) is 2. The molecule has 6 nitrogen and oxygen atoms in total. The molecule has 2 N–H and O–H groups in total. The average Bonchev–Trinajstić information content (AvgIpc) is 2.85. The van der Waals surface area contributed by atoms with Crippen LogP contribution < -0.4 is 9.47 Å². The van der Waals surface area contributed by atoms with Crippen molar-refractivity contribution in [2.75, 3.05) is 13.2 Å². The number of benzene rings is 4. The molecule has 1 atom stereocenters. The maximum Gasteiger partial charge on any atom is 0.335 e. The van der Waals surface area contributed by atoms with Crippen LogP contribution in [0.3, 0.4) is 0 Å². The molecule has 0 heterocycles. The number of hydrogen-bond acceptors (Lipinski definition) is 4. The van der Waals surface area contributed by atoms with Gasteiger partial charge in [0.25, 0.3) is 0 Å². The first-order chi connectivity index (χ1) is 16.9. The van der Waals surface area contributed by atoms with Crippen LogP contribution in [0.4, 0.5) is 0 Å². The largest absolute Gasteiger partial charge is 0.494 e. The Hall–Kier alpha value is -4.06. The molecule has 0 saturated carbocycles. The molecule has 0 spiro atoms. The van der Waals surface area contributed by atoms with Gasteiger partial charge in [0, 0.05) is 0 Å². The number of carboxylic acids is 2. The smallest absolute Gasteiger partial charge is 0.335 e. The molecule has 0 amide bonds. The molecule has 0 aromatic heterocycles. The minimum Gasteiger partial charge on any atom is -0.494 e. The molecule has 0 aliphatic heterocycles. The van der Waals surface area contributed by atoms with Crippen LogP contribution in [0, 0.1) is 5.92 Å². The lowest BCUT2D eigenvalue weighted by molar-refractivity contribution is 0.0686. The van der Waals surface area contributed by atoms with Crippen molar-refractivity contribution in [3.05, 3.63) is 83.9 Å². The molecule has 0 radical (unpaired) electrons. The molecule has 0 saturated heterocycles. The SMILES string of the molecule is CC(CCCOc1ccc2cc(C(=O)O)ccc2c1)CCOc1ccc2cc(C(=O)O)ccc2c1. The summed E-state index contributed by atoms with van der Waals surface area (Å²) in [5, 5.41) is 21.9. The van der Waals surface area contributed by atoms with Gasteiger partial charge < -0.3 is 19.7 Å². The van der Waals surface area contributed by atoms with E-state index in [1.807, 2.05) is 36.4 Å². The van der Waals surface area contributed by atoms with Crippen LogP contribution >= 0.6 is 0 Å². The van der Waals surface area contributed by atoms with Gasteiger partial charge in [0.05, 0.1) is 24.3 Å². The van der Waals surface area contributed by atoms with Gasteiger partial charge in [-0.1, -0.05) is 31.2 Å². The predicted octanol–water partition coefficient (Wildman–Crippen LogP) is 6.65. The highest BCUT2D eigenvalue weighted by atomic mass is 16.5. The van der Waals surface area contributed by atoms with Crippen LogP contribution in [0.1, 0.15) is 46.9 Å². The zero-order chi connectivity index (χ0) is 24.8. The maximum absolute atomic E-state index is 11.1. The lowest BCUT2D eigenvalue weighted by atomic mass is 10.0. The average molecular weight is 473 g/mol. The van der Waals surface area contributed by atoms with E-state index < -0.39 is 11.9 Å². The van der Waals surface area contributed by atoms with Gasteiger partial charge in [0.15, 0.2) is 0 Å². The second-order valence-electron chi connectivity index (χ2n) is 8.79. The third kappa shape index (κ3) is 6.29. The molecule has 0 bridgehead atoms. The fourth-order valence-electron chi connectivity index (χ4n) is 4.04. The number of fused-ring (bicyclic) bond motifs is 2. The lowest BCUT2D eigenvalue weighted by Crippen LogP contribution is -2.06. The van der Waals surface area contributed by atoms with E-state index in [4.69, 9.17) is 19.7 Å². The van der Waals surface area contributed by atoms with Crippen molar-refractivity contribution in [3.8, 4) is 11.5 Å². The summed E-state index contributed by atoms with van der Waals surface area (Å²) in [4.78, 5) is 22.2. The number of aromatic carboxylic acids is 2. The fourth-order valence-corrected chi connectivity index (χ4v) is 4.04. The summed E-state index contributed by atoms with van der Waals surface area (Å²) in [5.41, 5.74) is 0.554. The first-order valence-electron chi connectivity index (χ1n) is 11.7. The summed E-state index contributed by atoms with van der Waals surface area (Å²) >= 11 is 0. The van der Waals surface area contributed by atoms with Gasteiger partial charge in [-0.05, 0) is 95.3 Å². The third-order valence-corrected chi connectivity index (χ3v) is 6.11. The summed E-state index contributed by atoms with van der Waals surface area (Å²) in [7, 11) is 0. The van der Waals surface area contributed by atoms with E-state index in [9.17, 15) is 9.59 Å². The second-order valence-corrected chi connectivity index (χ2v) is 8.79. The van der Waals surface area contributed by atoms with E-state index in [0.29, 0.717) is 19.1 Å². The first kappa shape index (κ1) is 24.1. The third-order valence-electron chi connectivity index (χ3n) is 6.11. The van der Waals surface area contributed by atoms with Crippen LogP contribution in [0.15, 0.2) is 72.8 Å². The molecule has 4 rings (SSSR count). The summed E-state index contributed by atoms with van der Waals surface area (Å²) in [6.45, 7) is 3.43. The Labute approximate surface area is 203 Å². The molecular formula is C29H28O6. The van der Waals surface area contributed by atoms with Crippen molar-refractivity contribution in [3.63, 3.8) is 0 Å². The summed E-state index contributed by atoms with van der Waals surface area (Å²) in [5.74, 6) is 0.189. The van der Waals surface area contributed by atoms with E-state index in [1.165, 1.54) is 0 Å². The van der Waals surface area contributed by atoms with E-state index in [0.717, 1.165) is 52.3 Å². The fraction of sp³-hybridized carbons (Fsp3) is 0.241.